The first-order valence-electron chi connectivity index (χ1n) is 9.22. The third-order valence-corrected chi connectivity index (χ3v) is 5.49. The van der Waals surface area contributed by atoms with Crippen LogP contribution in [0.4, 0.5) is 0 Å². The number of nitrogens with zero attached hydrogens (tertiary/aromatic N) is 1. The summed E-state index contributed by atoms with van der Waals surface area (Å²) in [6.45, 7) is 7.35. The summed E-state index contributed by atoms with van der Waals surface area (Å²) in [6.07, 6.45) is 10.1. The fraction of sp³-hybridized carbons (Fsp3) is 0.842. The molecule has 1 N–H and O–H groups in total. The number of carbonyl (C=O) groups excluding carboxylic acids is 1. The van der Waals surface area contributed by atoms with Crippen LogP contribution in [0, 0.1) is 17.3 Å². The first-order valence-corrected chi connectivity index (χ1v) is 9.22. The van der Waals surface area contributed by atoms with Gasteiger partial charge in [0.15, 0.2) is 0 Å². The molecule has 5 heteroatoms. The molecule has 2 aliphatic heterocycles. The van der Waals surface area contributed by atoms with Gasteiger partial charge in [-0.3, -0.25) is 10.0 Å². The van der Waals surface area contributed by atoms with Crippen molar-refractivity contribution in [3.63, 3.8) is 0 Å². The summed E-state index contributed by atoms with van der Waals surface area (Å²) in [4.78, 5) is 11.9. The van der Waals surface area contributed by atoms with Gasteiger partial charge < -0.3 is 9.47 Å². The fourth-order valence-corrected chi connectivity index (χ4v) is 4.04. The van der Waals surface area contributed by atoms with Crippen molar-refractivity contribution >= 4 is 5.91 Å². The van der Waals surface area contributed by atoms with Gasteiger partial charge in [-0.15, -0.1) is 0 Å². The molecule has 0 aromatic heterocycles. The molecular formula is C19H33NO4. The normalized spacial score (nSPS) is 29.5. The Bertz CT molecular complexity index is 447. The maximum Gasteiger partial charge on any atom is 0.251 e. The molecule has 2 heterocycles. The van der Waals surface area contributed by atoms with Gasteiger partial charge in [0.2, 0.25) is 0 Å². The molecule has 2 rings (SSSR count). The van der Waals surface area contributed by atoms with E-state index >= 15 is 0 Å². The Balaban J connectivity index is 1.78. The predicted octanol–water partition coefficient (Wildman–Crippen LogP) is 3.42. The summed E-state index contributed by atoms with van der Waals surface area (Å²) in [7, 11) is 1.38. The van der Waals surface area contributed by atoms with Gasteiger partial charge in [-0.25, -0.2) is 5.06 Å². The zero-order valence-electron chi connectivity index (χ0n) is 15.5. The quantitative estimate of drug-likeness (QED) is 0.397. The average molecular weight is 339 g/mol. The van der Waals surface area contributed by atoms with Crippen molar-refractivity contribution in [1.82, 2.24) is 5.06 Å². The Labute approximate surface area is 146 Å². The minimum Gasteiger partial charge on any atom is -0.381 e. The standard InChI is InChI=1S/C19H33NO4/c1-5-23-13-15-14(16-10-11-17(15)24-16)9-7-6-8-12-19(2,3)18(21)20(4)22/h6-7,14-17,22H,5,8-13H2,1-4H3/b7-6-/t14-,15+,16-,17+/m0/s1. The largest absolute Gasteiger partial charge is 0.381 e. The molecule has 0 aliphatic carbocycles. The van der Waals surface area contributed by atoms with Crippen LogP contribution >= 0.6 is 0 Å². The second-order valence-electron chi connectivity index (χ2n) is 7.74. The highest BCUT2D eigenvalue weighted by atomic mass is 16.5. The van der Waals surface area contributed by atoms with Gasteiger partial charge in [0, 0.05) is 25.0 Å². The molecule has 2 fully saturated rings. The van der Waals surface area contributed by atoms with E-state index in [4.69, 9.17) is 9.47 Å². The summed E-state index contributed by atoms with van der Waals surface area (Å²) in [5, 5.41) is 9.99. The number of ether oxygens (including phenoxy) is 2. The molecule has 138 valence electrons. The van der Waals surface area contributed by atoms with Crippen LogP contribution in [0.2, 0.25) is 0 Å². The number of hydroxylamine groups is 2. The van der Waals surface area contributed by atoms with Crippen LogP contribution in [0.3, 0.4) is 0 Å². The van der Waals surface area contributed by atoms with Crippen LogP contribution in [0.5, 0.6) is 0 Å². The average Bonchev–Trinajstić information content (AvgIpc) is 3.13. The molecule has 0 saturated carbocycles. The molecule has 0 radical (unpaired) electrons. The Hall–Kier alpha value is -0.910. The van der Waals surface area contributed by atoms with Crippen LogP contribution < -0.4 is 0 Å². The molecule has 5 nitrogen and oxygen atoms in total. The molecule has 24 heavy (non-hydrogen) atoms. The minimum atomic E-state index is -0.541. The van der Waals surface area contributed by atoms with Crippen LogP contribution in [-0.4, -0.2) is 48.6 Å². The molecule has 2 aliphatic rings. The van der Waals surface area contributed by atoms with E-state index in [9.17, 15) is 10.0 Å². The summed E-state index contributed by atoms with van der Waals surface area (Å²) in [6, 6.07) is 0. The van der Waals surface area contributed by atoms with Crippen molar-refractivity contribution in [1.29, 1.82) is 0 Å². The molecule has 4 atom stereocenters. The van der Waals surface area contributed by atoms with Gasteiger partial charge in [0.25, 0.3) is 5.91 Å². The number of rotatable bonds is 9. The van der Waals surface area contributed by atoms with Crippen molar-refractivity contribution < 1.29 is 19.5 Å². The van der Waals surface area contributed by atoms with Gasteiger partial charge in [0.05, 0.1) is 18.8 Å². The monoisotopic (exact) mass is 339 g/mol. The Morgan fingerprint density at radius 2 is 1.96 bits per heavy atom. The zero-order valence-corrected chi connectivity index (χ0v) is 15.5. The van der Waals surface area contributed by atoms with E-state index in [1.54, 1.807) is 0 Å². The molecular weight excluding hydrogens is 306 g/mol. The maximum absolute atomic E-state index is 11.9. The molecule has 0 aromatic carbocycles. The number of hydrogen-bond donors (Lipinski definition) is 1. The zero-order chi connectivity index (χ0) is 17.7. The number of hydrogen-bond acceptors (Lipinski definition) is 4. The van der Waals surface area contributed by atoms with E-state index < -0.39 is 5.41 Å². The molecule has 0 unspecified atom stereocenters. The van der Waals surface area contributed by atoms with Crippen molar-refractivity contribution in [2.24, 2.45) is 17.3 Å². The van der Waals surface area contributed by atoms with Crippen LogP contribution in [0.25, 0.3) is 0 Å². The summed E-state index contributed by atoms with van der Waals surface area (Å²) < 4.78 is 11.7. The fourth-order valence-electron chi connectivity index (χ4n) is 4.04. The highest BCUT2D eigenvalue weighted by Crippen LogP contribution is 2.45. The second kappa shape index (κ2) is 8.45. The first kappa shape index (κ1) is 19.4. The van der Waals surface area contributed by atoms with Crippen molar-refractivity contribution in [2.45, 2.75) is 65.1 Å². The van der Waals surface area contributed by atoms with E-state index in [1.165, 1.54) is 19.9 Å². The van der Waals surface area contributed by atoms with Crippen LogP contribution in [0.15, 0.2) is 12.2 Å². The van der Waals surface area contributed by atoms with E-state index in [0.717, 1.165) is 32.5 Å². The van der Waals surface area contributed by atoms with E-state index in [2.05, 4.69) is 12.2 Å². The van der Waals surface area contributed by atoms with E-state index in [0.29, 0.717) is 29.1 Å². The predicted molar refractivity (Wildman–Crippen MR) is 92.7 cm³/mol. The van der Waals surface area contributed by atoms with Gasteiger partial charge in [-0.2, -0.15) is 0 Å². The molecule has 0 spiro atoms. The van der Waals surface area contributed by atoms with E-state index in [-0.39, 0.29) is 5.91 Å². The van der Waals surface area contributed by atoms with Gasteiger partial charge >= 0.3 is 0 Å². The highest BCUT2D eigenvalue weighted by molar-refractivity contribution is 5.80. The van der Waals surface area contributed by atoms with Crippen LogP contribution in [-0.2, 0) is 14.3 Å². The third-order valence-electron chi connectivity index (χ3n) is 5.49. The molecule has 0 aromatic rings. The second-order valence-corrected chi connectivity index (χ2v) is 7.74. The number of carbonyl (C=O) groups is 1. The lowest BCUT2D eigenvalue weighted by molar-refractivity contribution is -0.169. The maximum atomic E-state index is 11.9. The summed E-state index contributed by atoms with van der Waals surface area (Å²) in [5.41, 5.74) is -0.541. The molecule has 2 saturated heterocycles. The minimum absolute atomic E-state index is 0.241. The Kier molecular flexibility index (Phi) is 6.84. The third kappa shape index (κ3) is 4.58. The summed E-state index contributed by atoms with van der Waals surface area (Å²) in [5.74, 6) is 0.841. The lowest BCUT2D eigenvalue weighted by Crippen LogP contribution is -2.36. The lowest BCUT2D eigenvalue weighted by Gasteiger charge is -2.27. The molecule has 2 bridgehead atoms. The van der Waals surface area contributed by atoms with Gasteiger partial charge in [-0.05, 0) is 44.9 Å². The van der Waals surface area contributed by atoms with Crippen molar-refractivity contribution in [3.8, 4) is 0 Å². The summed E-state index contributed by atoms with van der Waals surface area (Å²) >= 11 is 0. The lowest BCUT2D eigenvalue weighted by atomic mass is 9.78. The topological polar surface area (TPSA) is 59.0 Å². The molecule has 1 amide bonds. The number of amides is 1. The SMILES string of the molecule is CCOC[C@@H]1[C@H](C/C=C\CCC(C)(C)C(=O)N(C)O)[C@@H]2CC[C@H]1O2. The van der Waals surface area contributed by atoms with Crippen molar-refractivity contribution in [2.75, 3.05) is 20.3 Å². The Morgan fingerprint density at radius 1 is 1.29 bits per heavy atom. The van der Waals surface area contributed by atoms with E-state index in [1.807, 2.05) is 20.8 Å². The number of allylic oxidation sites excluding steroid dienone is 2. The van der Waals surface area contributed by atoms with Gasteiger partial charge in [0.1, 0.15) is 0 Å². The smallest absolute Gasteiger partial charge is 0.251 e. The van der Waals surface area contributed by atoms with Crippen molar-refractivity contribution in [3.05, 3.63) is 12.2 Å². The Morgan fingerprint density at radius 3 is 2.58 bits per heavy atom. The van der Waals surface area contributed by atoms with Gasteiger partial charge in [-0.1, -0.05) is 26.0 Å². The number of fused-ring (bicyclic) bond motifs is 2. The van der Waals surface area contributed by atoms with Crippen LogP contribution in [0.1, 0.15) is 52.9 Å². The highest BCUT2D eigenvalue weighted by Gasteiger charge is 2.48. The first-order chi connectivity index (χ1) is 11.4.